The van der Waals surface area contributed by atoms with E-state index in [1.807, 2.05) is 36.1 Å². The third kappa shape index (κ3) is 7.58. The fourth-order valence-corrected chi connectivity index (χ4v) is 7.88. The average Bonchev–Trinajstić information content (AvgIpc) is 3.46. The summed E-state index contributed by atoms with van der Waals surface area (Å²) in [6, 6.07) is 11.5. The predicted molar refractivity (Wildman–Crippen MR) is 174 cm³/mol. The van der Waals surface area contributed by atoms with E-state index in [-0.39, 0.29) is 64.9 Å². The maximum atomic E-state index is 13.9. The van der Waals surface area contributed by atoms with E-state index in [0.29, 0.717) is 42.8 Å². The number of rotatable bonds is 8. The van der Waals surface area contributed by atoms with Crippen LogP contribution in [0.15, 0.2) is 52.5 Å². The van der Waals surface area contributed by atoms with Crippen LogP contribution in [0, 0.1) is 6.92 Å². The number of nitrogens with zero attached hydrogens (tertiary/aromatic N) is 4. The minimum absolute atomic E-state index is 0. The number of benzene rings is 2. The van der Waals surface area contributed by atoms with Crippen LogP contribution in [0.3, 0.4) is 0 Å². The number of carbonyl (C=O) groups excluding carboxylic acids is 1. The number of aromatic nitrogens is 1. The number of pyridine rings is 1. The Kier molecular flexibility index (Phi) is 12.2. The number of aryl methyl sites for hydroxylation is 1. The fourth-order valence-electron chi connectivity index (χ4n) is 5.36. The lowest BCUT2D eigenvalue weighted by Gasteiger charge is -2.32. The number of hydrazone groups is 1. The van der Waals surface area contributed by atoms with Gasteiger partial charge in [-0.15, -0.1) is 24.8 Å². The van der Waals surface area contributed by atoms with Crippen molar-refractivity contribution in [1.29, 1.82) is 0 Å². The summed E-state index contributed by atoms with van der Waals surface area (Å²) in [6.07, 6.45) is 4.01. The maximum Gasteiger partial charge on any atom is 0.245 e. The molecule has 15 heteroatoms. The van der Waals surface area contributed by atoms with Crippen molar-refractivity contribution in [2.45, 2.75) is 56.2 Å². The quantitative estimate of drug-likeness (QED) is 0.149. The van der Waals surface area contributed by atoms with Gasteiger partial charge in [0.2, 0.25) is 15.9 Å². The molecule has 0 spiro atoms. The summed E-state index contributed by atoms with van der Waals surface area (Å²) in [7, 11) is -4.11. The van der Waals surface area contributed by atoms with E-state index in [0.717, 1.165) is 23.9 Å². The van der Waals surface area contributed by atoms with Gasteiger partial charge < -0.3 is 20.8 Å². The third-order valence-corrected chi connectivity index (χ3v) is 10.4. The zero-order valence-electron chi connectivity index (χ0n) is 23.4. The largest absolute Gasteiger partial charge is 0.487 e. The van der Waals surface area contributed by atoms with Crippen molar-refractivity contribution in [3.8, 4) is 5.75 Å². The summed E-state index contributed by atoms with van der Waals surface area (Å²) >= 11 is 13.2. The Morgan fingerprint density at radius 2 is 1.86 bits per heavy atom. The molecule has 3 N–H and O–H groups in total. The standard InChI is InChI=1S/C28H32Cl2N6O4S.2ClH/c1-18-7-8-19-4-2-6-24(27(19)33-18)40-16-21-22(29)9-10-25(26(21)30)41(38,39)36-13-3-5-23(36)28(37)34-20-11-14-35(15-12-20)17-32-31;;/h2,4,6-10,17,20,23H,3,5,11-16,31H2,1H3,(H,34,37);2*1H/t23-;;/m0../s1. The number of fused-ring (bicyclic) bond motifs is 1. The molecule has 1 aromatic heterocycles. The van der Waals surface area contributed by atoms with Crippen LogP contribution >= 0.6 is 48.0 Å². The summed E-state index contributed by atoms with van der Waals surface area (Å²) < 4.78 is 35.0. The van der Waals surface area contributed by atoms with Gasteiger partial charge in [0.1, 0.15) is 35.1 Å². The summed E-state index contributed by atoms with van der Waals surface area (Å²) in [5, 5.41) is 7.75. The van der Waals surface area contributed by atoms with E-state index < -0.39 is 16.1 Å². The molecule has 2 fully saturated rings. The predicted octanol–water partition coefficient (Wildman–Crippen LogP) is 4.91. The number of hydrogen-bond donors (Lipinski definition) is 2. The van der Waals surface area contributed by atoms with Crippen LogP contribution in [-0.4, -0.2) is 66.6 Å². The SMILES string of the molecule is Cc1ccc2cccc(OCc3c(Cl)ccc(S(=O)(=O)N4CCC[C@H]4C(=O)NC4CCN(C=NN)CC4)c3Cl)c2n1.Cl.Cl. The molecule has 2 saturated heterocycles. The fraction of sp³-hybridized carbons (Fsp3) is 0.393. The molecular formula is C28H34Cl4N6O4S. The van der Waals surface area contributed by atoms with Gasteiger partial charge in [-0.2, -0.15) is 9.41 Å². The highest BCUT2D eigenvalue weighted by molar-refractivity contribution is 7.89. The van der Waals surface area contributed by atoms with Crippen LogP contribution in [0.2, 0.25) is 10.0 Å². The minimum Gasteiger partial charge on any atom is -0.487 e. The van der Waals surface area contributed by atoms with E-state index in [1.165, 1.54) is 16.4 Å². The van der Waals surface area contributed by atoms with E-state index in [1.54, 1.807) is 12.4 Å². The van der Waals surface area contributed by atoms with Crippen LogP contribution in [0.4, 0.5) is 0 Å². The molecule has 0 saturated carbocycles. The Morgan fingerprint density at radius 1 is 1.12 bits per heavy atom. The number of halogens is 4. The topological polar surface area (TPSA) is 130 Å². The second-order valence-electron chi connectivity index (χ2n) is 10.3. The van der Waals surface area contributed by atoms with Gasteiger partial charge in [0.25, 0.3) is 0 Å². The normalized spacial score (nSPS) is 17.9. The molecule has 2 aliphatic rings. The van der Waals surface area contributed by atoms with Crippen molar-refractivity contribution in [3.05, 3.63) is 63.8 Å². The van der Waals surface area contributed by atoms with Crippen LogP contribution < -0.4 is 15.9 Å². The van der Waals surface area contributed by atoms with Gasteiger partial charge >= 0.3 is 0 Å². The second-order valence-corrected chi connectivity index (χ2v) is 12.9. The van der Waals surface area contributed by atoms with Gasteiger partial charge in [-0.05, 0) is 56.9 Å². The van der Waals surface area contributed by atoms with Gasteiger partial charge in [-0.25, -0.2) is 13.4 Å². The van der Waals surface area contributed by atoms with Crippen molar-refractivity contribution >= 4 is 81.2 Å². The van der Waals surface area contributed by atoms with E-state index in [2.05, 4.69) is 15.4 Å². The monoisotopic (exact) mass is 690 g/mol. The van der Waals surface area contributed by atoms with Crippen molar-refractivity contribution in [2.24, 2.45) is 10.9 Å². The number of nitrogens with two attached hydrogens (primary N) is 1. The Hall–Kier alpha value is -2.54. The lowest BCUT2D eigenvalue weighted by molar-refractivity contribution is -0.125. The van der Waals surface area contributed by atoms with Gasteiger partial charge in [0, 0.05) is 47.3 Å². The summed E-state index contributed by atoms with van der Waals surface area (Å²) in [4.78, 5) is 19.7. The Balaban J connectivity index is 0.00000253. The zero-order valence-corrected chi connectivity index (χ0v) is 27.4. The number of nitrogens with one attached hydrogen (secondary N) is 1. The van der Waals surface area contributed by atoms with Crippen LogP contribution in [0.1, 0.15) is 36.9 Å². The summed E-state index contributed by atoms with van der Waals surface area (Å²) in [6.45, 7) is 3.46. The highest BCUT2D eigenvalue weighted by Gasteiger charge is 2.41. The summed E-state index contributed by atoms with van der Waals surface area (Å²) in [5.41, 5.74) is 1.87. The molecule has 3 aromatic rings. The van der Waals surface area contributed by atoms with Crippen molar-refractivity contribution in [2.75, 3.05) is 19.6 Å². The highest BCUT2D eigenvalue weighted by Crippen LogP contribution is 2.36. The van der Waals surface area contributed by atoms with Gasteiger partial charge in [-0.1, -0.05) is 41.4 Å². The maximum absolute atomic E-state index is 13.9. The Labute approximate surface area is 273 Å². The number of piperidine rings is 1. The molecule has 1 atom stereocenters. The molecule has 234 valence electrons. The highest BCUT2D eigenvalue weighted by atomic mass is 35.5. The molecular weight excluding hydrogens is 658 g/mol. The molecule has 5 rings (SSSR count). The number of likely N-dealkylation sites (tertiary alicyclic amines) is 1. The van der Waals surface area contributed by atoms with Crippen LogP contribution in [0.5, 0.6) is 5.75 Å². The van der Waals surface area contributed by atoms with Gasteiger partial charge in [0.15, 0.2) is 0 Å². The summed E-state index contributed by atoms with van der Waals surface area (Å²) in [5.74, 6) is 5.46. The van der Waals surface area contributed by atoms with Crippen molar-refractivity contribution < 1.29 is 17.9 Å². The number of ether oxygens (including phenoxy) is 1. The molecule has 0 bridgehead atoms. The molecule has 3 heterocycles. The Bertz CT molecular complexity index is 1580. The van der Waals surface area contributed by atoms with Gasteiger partial charge in [-0.3, -0.25) is 4.79 Å². The van der Waals surface area contributed by atoms with E-state index in [4.69, 9.17) is 33.8 Å². The number of carbonyl (C=O) groups is 1. The lowest BCUT2D eigenvalue weighted by Crippen LogP contribution is -2.51. The first kappa shape index (κ1) is 34.9. The lowest BCUT2D eigenvalue weighted by atomic mass is 10.0. The first-order valence-electron chi connectivity index (χ1n) is 13.4. The van der Waals surface area contributed by atoms with E-state index in [9.17, 15) is 13.2 Å². The smallest absolute Gasteiger partial charge is 0.245 e. The van der Waals surface area contributed by atoms with Crippen molar-refractivity contribution in [3.63, 3.8) is 0 Å². The molecule has 0 radical (unpaired) electrons. The second kappa shape index (κ2) is 15.0. The molecule has 1 amide bonds. The molecule has 43 heavy (non-hydrogen) atoms. The van der Waals surface area contributed by atoms with Crippen molar-refractivity contribution in [1.82, 2.24) is 19.5 Å². The first-order chi connectivity index (χ1) is 19.7. The minimum atomic E-state index is -4.11. The molecule has 0 aliphatic carbocycles. The third-order valence-electron chi connectivity index (χ3n) is 7.54. The van der Waals surface area contributed by atoms with E-state index >= 15 is 0 Å². The molecule has 0 unspecified atom stereocenters. The average molecular weight is 692 g/mol. The first-order valence-corrected chi connectivity index (χ1v) is 15.6. The molecule has 2 aromatic carbocycles. The Morgan fingerprint density at radius 3 is 2.58 bits per heavy atom. The number of sulfonamides is 1. The van der Waals surface area contributed by atoms with Crippen LogP contribution in [0.25, 0.3) is 10.9 Å². The van der Waals surface area contributed by atoms with Gasteiger partial charge in [0.05, 0.1) is 5.02 Å². The van der Waals surface area contributed by atoms with Crippen LogP contribution in [-0.2, 0) is 21.4 Å². The number of hydrogen-bond acceptors (Lipinski definition) is 7. The number of amides is 1. The molecule has 2 aliphatic heterocycles. The molecule has 10 nitrogen and oxygen atoms in total. The zero-order chi connectivity index (χ0) is 29.1. The number of para-hydroxylation sites is 1.